The van der Waals surface area contributed by atoms with Gasteiger partial charge in [-0.15, -0.1) is 0 Å². The topological polar surface area (TPSA) is 74.0 Å². The molecule has 3 aromatic rings. The predicted octanol–water partition coefficient (Wildman–Crippen LogP) is 4.83. The quantitative estimate of drug-likeness (QED) is 0.361. The third kappa shape index (κ3) is 6.83. The molecule has 1 saturated heterocycles. The van der Waals surface area contributed by atoms with E-state index in [-0.39, 0.29) is 12.5 Å². The van der Waals surface area contributed by atoms with Gasteiger partial charge in [-0.1, -0.05) is 32.1 Å². The summed E-state index contributed by atoms with van der Waals surface area (Å²) in [5.41, 5.74) is 4.26. The fourth-order valence-electron chi connectivity index (χ4n) is 5.92. The molecule has 2 aromatic heterocycles. The largest absolute Gasteiger partial charge is 0.389 e. The Bertz CT molecular complexity index is 1450. The monoisotopic (exact) mass is 582 g/mol. The van der Waals surface area contributed by atoms with Crippen LogP contribution in [-0.4, -0.2) is 92.6 Å². The van der Waals surface area contributed by atoms with Crippen LogP contribution in [0.5, 0.6) is 0 Å². The molecule has 1 fully saturated rings. The van der Waals surface area contributed by atoms with Gasteiger partial charge in [0, 0.05) is 62.4 Å². The number of aromatic nitrogens is 3. The Morgan fingerprint density at radius 3 is 2.48 bits per heavy atom. The van der Waals surface area contributed by atoms with Crippen LogP contribution in [0.2, 0.25) is 0 Å². The van der Waals surface area contributed by atoms with Gasteiger partial charge < -0.3 is 9.80 Å². The van der Waals surface area contributed by atoms with Crippen LogP contribution in [0, 0.1) is 0 Å². The summed E-state index contributed by atoms with van der Waals surface area (Å²) < 4.78 is 39.2. The van der Waals surface area contributed by atoms with Gasteiger partial charge in [0.15, 0.2) is 11.5 Å². The SMILES string of the molecule is CCN(CC)C1CCN(C(=O)c2ccc(Cc3nc4c(C5=CCN(C(=O)CCC(F)(F)F)CC5)cccn4n3)cc2)C1. The van der Waals surface area contributed by atoms with E-state index >= 15 is 0 Å². The summed E-state index contributed by atoms with van der Waals surface area (Å²) in [6.07, 6.45) is -0.215. The molecular weight excluding hydrogens is 545 g/mol. The van der Waals surface area contributed by atoms with Crippen molar-refractivity contribution >= 4 is 23.0 Å². The van der Waals surface area contributed by atoms with E-state index in [1.807, 2.05) is 53.6 Å². The summed E-state index contributed by atoms with van der Waals surface area (Å²) >= 11 is 0. The molecule has 11 heteroatoms. The van der Waals surface area contributed by atoms with Gasteiger partial charge in [0.1, 0.15) is 0 Å². The van der Waals surface area contributed by atoms with Crippen LogP contribution in [0.3, 0.4) is 0 Å². The van der Waals surface area contributed by atoms with Crippen LogP contribution >= 0.6 is 0 Å². The number of hydrogen-bond acceptors (Lipinski definition) is 5. The molecule has 0 saturated carbocycles. The van der Waals surface area contributed by atoms with E-state index in [1.54, 1.807) is 4.52 Å². The minimum Gasteiger partial charge on any atom is -0.339 e. The summed E-state index contributed by atoms with van der Waals surface area (Å²) in [6.45, 7) is 8.46. The van der Waals surface area contributed by atoms with E-state index in [1.165, 1.54) is 4.90 Å². The molecule has 1 unspecified atom stereocenters. The molecule has 0 radical (unpaired) electrons. The van der Waals surface area contributed by atoms with E-state index in [4.69, 9.17) is 4.98 Å². The number of likely N-dealkylation sites (N-methyl/N-ethyl adjacent to an activating group) is 1. The van der Waals surface area contributed by atoms with Gasteiger partial charge in [0.05, 0.1) is 6.42 Å². The molecule has 1 aromatic carbocycles. The highest BCUT2D eigenvalue weighted by Crippen LogP contribution is 2.27. The molecule has 2 amide bonds. The molecule has 0 N–H and O–H groups in total. The van der Waals surface area contributed by atoms with Crippen LogP contribution in [0.25, 0.3) is 11.2 Å². The van der Waals surface area contributed by atoms with Crippen molar-refractivity contribution in [1.82, 2.24) is 29.3 Å². The summed E-state index contributed by atoms with van der Waals surface area (Å²) in [6, 6.07) is 11.9. The van der Waals surface area contributed by atoms with Crippen molar-refractivity contribution in [3.05, 3.63) is 71.2 Å². The molecule has 2 aliphatic rings. The van der Waals surface area contributed by atoms with Crippen molar-refractivity contribution in [2.24, 2.45) is 0 Å². The number of halogens is 3. The molecule has 1 atom stereocenters. The van der Waals surface area contributed by atoms with Crippen molar-refractivity contribution in [3.63, 3.8) is 0 Å². The van der Waals surface area contributed by atoms with Crippen LogP contribution < -0.4 is 0 Å². The van der Waals surface area contributed by atoms with Crippen LogP contribution in [0.15, 0.2) is 48.7 Å². The number of hydrogen-bond donors (Lipinski definition) is 0. The lowest BCUT2D eigenvalue weighted by Crippen LogP contribution is -2.38. The minimum absolute atomic E-state index is 0.0630. The van der Waals surface area contributed by atoms with Gasteiger partial charge in [0.2, 0.25) is 5.91 Å². The van der Waals surface area contributed by atoms with Crippen molar-refractivity contribution in [2.75, 3.05) is 39.3 Å². The summed E-state index contributed by atoms with van der Waals surface area (Å²) in [5.74, 6) is 0.221. The van der Waals surface area contributed by atoms with Crippen LogP contribution in [0.4, 0.5) is 13.2 Å². The smallest absolute Gasteiger partial charge is 0.339 e. The van der Waals surface area contributed by atoms with Crippen molar-refractivity contribution < 1.29 is 22.8 Å². The fraction of sp³-hybridized carbons (Fsp3) is 0.484. The maximum Gasteiger partial charge on any atom is 0.389 e. The van der Waals surface area contributed by atoms with Crippen molar-refractivity contribution in [1.29, 1.82) is 0 Å². The fourth-order valence-corrected chi connectivity index (χ4v) is 5.92. The molecule has 5 rings (SSSR count). The van der Waals surface area contributed by atoms with Crippen LogP contribution in [-0.2, 0) is 11.2 Å². The average molecular weight is 583 g/mol. The van der Waals surface area contributed by atoms with E-state index in [0.717, 1.165) is 49.3 Å². The second-order valence-corrected chi connectivity index (χ2v) is 10.9. The zero-order valence-electron chi connectivity index (χ0n) is 24.1. The first-order chi connectivity index (χ1) is 20.1. The lowest BCUT2D eigenvalue weighted by molar-refractivity contribution is -0.148. The van der Waals surface area contributed by atoms with E-state index < -0.39 is 24.9 Å². The Kier molecular flexibility index (Phi) is 8.96. The average Bonchev–Trinajstić information content (AvgIpc) is 3.64. The van der Waals surface area contributed by atoms with Gasteiger partial charge >= 0.3 is 6.18 Å². The van der Waals surface area contributed by atoms with Gasteiger partial charge in [-0.2, -0.15) is 18.3 Å². The number of nitrogens with zero attached hydrogens (tertiary/aromatic N) is 6. The second kappa shape index (κ2) is 12.6. The lowest BCUT2D eigenvalue weighted by Gasteiger charge is -2.27. The Hall–Kier alpha value is -3.73. The van der Waals surface area contributed by atoms with Gasteiger partial charge in [-0.25, -0.2) is 9.50 Å². The number of carbonyl (C=O) groups excluding carboxylic acids is 2. The number of alkyl halides is 3. The predicted molar refractivity (Wildman–Crippen MR) is 154 cm³/mol. The number of carbonyl (C=O) groups is 2. The maximum atomic E-state index is 13.1. The van der Waals surface area contributed by atoms with Gasteiger partial charge in [0.25, 0.3) is 5.91 Å². The summed E-state index contributed by atoms with van der Waals surface area (Å²) in [4.78, 5) is 35.9. The Balaban J connectivity index is 1.22. The molecule has 8 nitrogen and oxygen atoms in total. The number of amides is 2. The Morgan fingerprint density at radius 2 is 1.81 bits per heavy atom. The first-order valence-corrected chi connectivity index (χ1v) is 14.7. The molecule has 0 spiro atoms. The highest BCUT2D eigenvalue weighted by molar-refractivity contribution is 5.94. The molecule has 4 heterocycles. The number of rotatable bonds is 9. The summed E-state index contributed by atoms with van der Waals surface area (Å²) in [5, 5.41) is 4.64. The van der Waals surface area contributed by atoms with E-state index in [9.17, 15) is 22.8 Å². The van der Waals surface area contributed by atoms with Gasteiger partial charge in [-0.3, -0.25) is 14.5 Å². The molecule has 224 valence electrons. The highest BCUT2D eigenvalue weighted by Gasteiger charge is 2.31. The summed E-state index contributed by atoms with van der Waals surface area (Å²) in [7, 11) is 0. The van der Waals surface area contributed by atoms with E-state index in [2.05, 4.69) is 23.8 Å². The normalized spacial score (nSPS) is 17.8. The minimum atomic E-state index is -4.34. The molecule has 0 bridgehead atoms. The second-order valence-electron chi connectivity index (χ2n) is 10.9. The highest BCUT2D eigenvalue weighted by atomic mass is 19.4. The number of benzene rings is 1. The zero-order chi connectivity index (χ0) is 29.9. The first-order valence-electron chi connectivity index (χ1n) is 14.7. The Labute approximate surface area is 243 Å². The van der Waals surface area contributed by atoms with E-state index in [0.29, 0.717) is 42.5 Å². The van der Waals surface area contributed by atoms with Gasteiger partial charge in [-0.05, 0) is 61.3 Å². The lowest BCUT2D eigenvalue weighted by atomic mass is 10.00. The van der Waals surface area contributed by atoms with Crippen molar-refractivity contribution in [2.45, 2.75) is 58.2 Å². The number of likely N-dealkylation sites (tertiary alicyclic amines) is 1. The zero-order valence-corrected chi connectivity index (χ0v) is 24.1. The number of pyridine rings is 1. The first kappa shape index (κ1) is 29.8. The third-order valence-electron chi connectivity index (χ3n) is 8.28. The molecule has 0 aliphatic carbocycles. The third-order valence-corrected chi connectivity index (χ3v) is 8.28. The van der Waals surface area contributed by atoms with Crippen molar-refractivity contribution in [3.8, 4) is 0 Å². The maximum absolute atomic E-state index is 13.1. The molecule has 2 aliphatic heterocycles. The number of fused-ring (bicyclic) bond motifs is 1. The van der Waals surface area contributed by atoms with Crippen LogP contribution in [0.1, 0.15) is 66.8 Å². The molecular formula is C31H37F3N6O2. The molecule has 42 heavy (non-hydrogen) atoms. The standard InChI is InChI=1S/C31H37F3N6O2/c1-3-37(4-2)25-14-19-39(21-25)30(42)24-9-7-22(8-10-24)20-27-35-29-26(6-5-16-40(29)36-27)23-12-17-38(18-13-23)28(41)11-15-31(32,33)34/h5-10,12,16,25H,3-4,11,13-15,17-21H2,1-2H3. The Morgan fingerprint density at radius 1 is 1.05 bits per heavy atom.